The Kier molecular flexibility index (Phi) is 3.15. The van der Waals surface area contributed by atoms with Crippen molar-refractivity contribution in [1.82, 2.24) is 29.8 Å². The van der Waals surface area contributed by atoms with Gasteiger partial charge >= 0.3 is 11.1 Å². The first-order chi connectivity index (χ1) is 11.2. The van der Waals surface area contributed by atoms with Crippen molar-refractivity contribution < 1.29 is 9.72 Å². The zero-order valence-electron chi connectivity index (χ0n) is 12.2. The number of para-hydroxylation sites is 2. The molecule has 10 heteroatoms. The first-order valence-electron chi connectivity index (χ1n) is 6.80. The zero-order valence-corrected chi connectivity index (χ0v) is 13.0. The second-order valence-corrected chi connectivity index (χ2v) is 5.77. The van der Waals surface area contributed by atoms with Crippen molar-refractivity contribution in [3.63, 3.8) is 0 Å². The van der Waals surface area contributed by atoms with Crippen LogP contribution in [-0.4, -0.2) is 29.8 Å². The van der Waals surface area contributed by atoms with Gasteiger partial charge in [0, 0.05) is 12.4 Å². The second-order valence-electron chi connectivity index (χ2n) is 4.86. The van der Waals surface area contributed by atoms with Crippen LogP contribution in [-0.2, 0) is 13.7 Å². The number of aromatic amines is 1. The van der Waals surface area contributed by atoms with E-state index < -0.39 is 0 Å². The normalized spacial score (nSPS) is 11.2. The number of nitrogens with one attached hydrogen (secondary N) is 1. The molecular weight excluding hydrogens is 316 g/mol. The Morgan fingerprint density at radius 2 is 2.22 bits per heavy atom. The maximum Gasteiger partial charge on any atom is 0.329 e. The van der Waals surface area contributed by atoms with Crippen molar-refractivity contribution in [2.24, 2.45) is 7.05 Å². The number of rotatable bonds is 4. The van der Waals surface area contributed by atoms with Crippen LogP contribution in [0.1, 0.15) is 5.69 Å². The number of imidazole rings is 1. The molecule has 0 aliphatic rings. The molecule has 0 radical (unpaired) electrons. The van der Waals surface area contributed by atoms with Crippen LogP contribution in [0, 0.1) is 0 Å². The number of hydrogen-bond donors (Lipinski definition) is 1. The number of tetrazole rings is 1. The third-order valence-electron chi connectivity index (χ3n) is 3.30. The number of thiazole rings is 1. The number of nitrogens with zero attached hydrogens (tertiary/aromatic N) is 6. The predicted molar refractivity (Wildman–Crippen MR) is 83.0 cm³/mol. The van der Waals surface area contributed by atoms with Crippen LogP contribution in [0.3, 0.4) is 0 Å². The summed E-state index contributed by atoms with van der Waals surface area (Å²) >= 11 is 1.43. The number of anilines is 1. The summed E-state index contributed by atoms with van der Waals surface area (Å²) < 4.78 is 9.21. The van der Waals surface area contributed by atoms with Crippen LogP contribution in [0.2, 0.25) is 0 Å². The van der Waals surface area contributed by atoms with E-state index in [9.17, 15) is 0 Å². The van der Waals surface area contributed by atoms with Gasteiger partial charge in [0.05, 0.1) is 11.0 Å². The van der Waals surface area contributed by atoms with E-state index in [2.05, 4.69) is 25.5 Å². The van der Waals surface area contributed by atoms with Crippen molar-refractivity contribution in [3.8, 4) is 12.0 Å². The van der Waals surface area contributed by atoms with Gasteiger partial charge in [0.1, 0.15) is 5.69 Å². The average molecular weight is 329 g/mol. The summed E-state index contributed by atoms with van der Waals surface area (Å²) in [6, 6.07) is 8.13. The molecule has 4 aromatic rings. The van der Waals surface area contributed by atoms with Crippen molar-refractivity contribution in [2.75, 3.05) is 5.73 Å². The number of aryl methyl sites for hydroxylation is 1. The Morgan fingerprint density at radius 1 is 1.35 bits per heavy atom. The van der Waals surface area contributed by atoms with E-state index in [0.29, 0.717) is 23.7 Å². The van der Waals surface area contributed by atoms with E-state index in [1.165, 1.54) is 11.3 Å². The molecule has 0 atom stereocenters. The van der Waals surface area contributed by atoms with E-state index in [1.54, 1.807) is 16.3 Å². The van der Waals surface area contributed by atoms with Crippen LogP contribution in [0.25, 0.3) is 17.0 Å². The van der Waals surface area contributed by atoms with Crippen molar-refractivity contribution >= 4 is 27.5 Å². The van der Waals surface area contributed by atoms with Gasteiger partial charge in [0.15, 0.2) is 6.61 Å². The summed E-state index contributed by atoms with van der Waals surface area (Å²) in [7, 11) is 1.77. The highest BCUT2D eigenvalue weighted by atomic mass is 32.1. The van der Waals surface area contributed by atoms with Gasteiger partial charge in [-0.2, -0.15) is 4.98 Å². The lowest BCUT2D eigenvalue weighted by molar-refractivity contribution is -0.370. The van der Waals surface area contributed by atoms with Crippen molar-refractivity contribution in [1.29, 1.82) is 0 Å². The smallest absolute Gasteiger partial charge is 0.329 e. The molecule has 4 rings (SSSR count). The highest BCUT2D eigenvalue weighted by Crippen LogP contribution is 2.25. The molecule has 0 saturated carbocycles. The summed E-state index contributed by atoms with van der Waals surface area (Å²) in [5.41, 5.74) is 8.24. The van der Waals surface area contributed by atoms with Gasteiger partial charge in [0.2, 0.25) is 0 Å². The fourth-order valence-electron chi connectivity index (χ4n) is 2.27. The number of nitrogens with two attached hydrogens (primary N) is 1. The van der Waals surface area contributed by atoms with Crippen LogP contribution >= 0.6 is 11.3 Å². The fraction of sp³-hybridized carbons (Fsp3) is 0.154. The summed E-state index contributed by atoms with van der Waals surface area (Å²) in [5.74, 6) is 0.530. The molecule has 0 aliphatic carbocycles. The van der Waals surface area contributed by atoms with Gasteiger partial charge < -0.3 is 4.74 Å². The molecule has 0 amide bonds. The Morgan fingerprint density at radius 3 is 2.96 bits per heavy atom. The molecular formula is C13H13N8OS+. The van der Waals surface area contributed by atoms with Crippen LogP contribution in [0.4, 0.5) is 5.13 Å². The highest BCUT2D eigenvalue weighted by molar-refractivity contribution is 7.13. The molecule has 0 bridgehead atoms. The molecule has 9 nitrogen and oxygen atoms in total. The van der Waals surface area contributed by atoms with Gasteiger partial charge in [-0.1, -0.05) is 28.6 Å². The lowest BCUT2D eigenvalue weighted by Gasteiger charge is -2.06. The number of aromatic nitrogens is 7. The largest absolute Gasteiger partial charge is 0.456 e. The molecule has 116 valence electrons. The van der Waals surface area contributed by atoms with Crippen LogP contribution < -0.4 is 15.5 Å². The monoisotopic (exact) mass is 329 g/mol. The number of ether oxygens (including phenoxy) is 1. The molecule has 0 spiro atoms. The lowest BCUT2D eigenvalue weighted by Crippen LogP contribution is -2.14. The van der Waals surface area contributed by atoms with Crippen molar-refractivity contribution in [3.05, 3.63) is 35.3 Å². The summed E-state index contributed by atoms with van der Waals surface area (Å²) in [4.78, 5) is 7.56. The number of fused-ring (bicyclic) bond motifs is 1. The maximum absolute atomic E-state index is 5.86. The molecule has 3 aromatic heterocycles. The number of H-pyrrole nitrogens is 1. The third-order valence-corrected chi connectivity index (χ3v) is 4.05. The Hall–Kier alpha value is -3.01. The second kappa shape index (κ2) is 5.32. The van der Waals surface area contributed by atoms with Gasteiger partial charge in [-0.3, -0.25) is 5.73 Å². The molecule has 0 aliphatic heterocycles. The first kappa shape index (κ1) is 13.6. The van der Waals surface area contributed by atoms with Gasteiger partial charge in [-0.05, 0) is 22.6 Å². The number of hydrogen-bond acceptors (Lipinski definition) is 7. The SMILES string of the molecule is Cn1nnnc1-n1c(OCc2csc(N)[nH+]2)nc2ccccc21. The quantitative estimate of drug-likeness (QED) is 0.586. The fourth-order valence-corrected chi connectivity index (χ4v) is 2.86. The highest BCUT2D eigenvalue weighted by Gasteiger charge is 2.18. The van der Waals surface area contributed by atoms with E-state index in [1.807, 2.05) is 29.6 Å². The van der Waals surface area contributed by atoms with E-state index >= 15 is 0 Å². The number of nitrogen functional groups attached to an aromatic ring is 1. The molecule has 0 fully saturated rings. The predicted octanol–water partition coefficient (Wildman–Crippen LogP) is 0.586. The minimum absolute atomic E-state index is 0.322. The van der Waals surface area contributed by atoms with Crippen LogP contribution in [0.5, 0.6) is 6.01 Å². The van der Waals surface area contributed by atoms with E-state index in [4.69, 9.17) is 10.5 Å². The molecule has 3 heterocycles. The topological polar surface area (TPSA) is 111 Å². The Labute approximate surface area is 134 Å². The van der Waals surface area contributed by atoms with Crippen LogP contribution in [0.15, 0.2) is 29.6 Å². The zero-order chi connectivity index (χ0) is 15.8. The Bertz CT molecular complexity index is 971. The molecule has 0 unspecified atom stereocenters. The molecule has 23 heavy (non-hydrogen) atoms. The standard InChI is InChI=1S/C13H12N8OS/c1-20-12(17-18-19-20)21-10-5-3-2-4-9(10)16-13(21)22-6-8-7-23-11(14)15-8/h2-5,7H,6H2,1H3,(H2,14,15)/p+1. The maximum atomic E-state index is 5.86. The molecule has 0 saturated heterocycles. The van der Waals surface area contributed by atoms with Crippen molar-refractivity contribution in [2.45, 2.75) is 6.61 Å². The average Bonchev–Trinajstić information content (AvgIpc) is 3.23. The van der Waals surface area contributed by atoms with E-state index in [0.717, 1.165) is 16.7 Å². The molecule has 1 aromatic carbocycles. The number of benzene rings is 1. The van der Waals surface area contributed by atoms with E-state index in [-0.39, 0.29) is 0 Å². The minimum atomic E-state index is 0.322. The lowest BCUT2D eigenvalue weighted by atomic mass is 10.3. The summed E-state index contributed by atoms with van der Waals surface area (Å²) in [5, 5.41) is 14.1. The third kappa shape index (κ3) is 2.38. The van der Waals surface area contributed by atoms with Gasteiger partial charge in [0.25, 0.3) is 5.95 Å². The first-order valence-corrected chi connectivity index (χ1v) is 7.68. The van der Waals surface area contributed by atoms with Gasteiger partial charge in [-0.15, -0.1) is 0 Å². The minimum Gasteiger partial charge on any atom is -0.456 e. The Balaban J connectivity index is 1.77. The summed E-state index contributed by atoms with van der Waals surface area (Å²) in [6.07, 6.45) is 0. The van der Waals surface area contributed by atoms with Gasteiger partial charge in [-0.25, -0.2) is 14.2 Å². The molecule has 3 N–H and O–H groups in total. The summed E-state index contributed by atoms with van der Waals surface area (Å²) in [6.45, 7) is 0.322.